The molecule has 1 N–H and O–H groups in total. The third-order valence-electron chi connectivity index (χ3n) is 5.38. The Balaban J connectivity index is 1.78. The highest BCUT2D eigenvalue weighted by molar-refractivity contribution is 6.34. The predicted octanol–water partition coefficient (Wildman–Crippen LogP) is 4.32. The monoisotopic (exact) mass is 492 g/mol. The molecule has 1 aliphatic rings. The zero-order chi connectivity index (χ0) is 24.4. The fraction of sp³-hybridized carbons (Fsp3) is 0.348. The number of para-hydroxylation sites is 1. The molecule has 1 aliphatic heterocycles. The topological polar surface area (TPSA) is 87.4 Å². The van der Waals surface area contributed by atoms with Crippen LogP contribution < -0.4 is 15.7 Å². The van der Waals surface area contributed by atoms with Crippen LogP contribution in [0.15, 0.2) is 35.1 Å². The van der Waals surface area contributed by atoms with Crippen molar-refractivity contribution in [3.63, 3.8) is 0 Å². The summed E-state index contributed by atoms with van der Waals surface area (Å²) in [7, 11) is 0. The third kappa shape index (κ3) is 4.69. The lowest BCUT2D eigenvalue weighted by Gasteiger charge is -2.18. The van der Waals surface area contributed by atoms with Gasteiger partial charge in [0.25, 0.3) is 5.91 Å². The van der Waals surface area contributed by atoms with Gasteiger partial charge in [0, 0.05) is 6.07 Å². The van der Waals surface area contributed by atoms with Crippen molar-refractivity contribution < 1.29 is 23.0 Å². The molecule has 0 saturated carbocycles. The van der Waals surface area contributed by atoms with E-state index < -0.39 is 23.2 Å². The van der Waals surface area contributed by atoms with Gasteiger partial charge in [-0.15, -0.1) is 5.10 Å². The van der Waals surface area contributed by atoms with E-state index in [4.69, 9.17) is 21.1 Å². The Morgan fingerprint density at radius 1 is 1.32 bits per heavy atom. The number of fused-ring (bicyclic) bond motifs is 1. The molecule has 0 fully saturated rings. The molecule has 4 rings (SSSR count). The van der Waals surface area contributed by atoms with E-state index in [2.05, 4.69) is 10.4 Å². The molecule has 0 saturated heterocycles. The lowest BCUT2D eigenvalue weighted by Crippen LogP contribution is -2.29. The number of amides is 1. The van der Waals surface area contributed by atoms with Crippen LogP contribution in [0.3, 0.4) is 0 Å². The molecule has 8 nitrogen and oxygen atoms in total. The van der Waals surface area contributed by atoms with Crippen molar-refractivity contribution in [2.24, 2.45) is 0 Å². The summed E-state index contributed by atoms with van der Waals surface area (Å²) >= 11 is 6.01. The van der Waals surface area contributed by atoms with Crippen LogP contribution in [0.1, 0.15) is 42.9 Å². The Kier molecular flexibility index (Phi) is 6.99. The lowest BCUT2D eigenvalue weighted by atomic mass is 10.1. The minimum Gasteiger partial charge on any atom is -0.490 e. The van der Waals surface area contributed by atoms with E-state index in [1.54, 1.807) is 6.92 Å². The smallest absolute Gasteiger partial charge is 0.350 e. The molecule has 180 valence electrons. The van der Waals surface area contributed by atoms with Crippen LogP contribution in [0.4, 0.5) is 14.5 Å². The number of aromatic nitrogens is 3. The maximum atomic E-state index is 15.2. The van der Waals surface area contributed by atoms with Gasteiger partial charge in [-0.2, -0.15) is 4.68 Å². The Morgan fingerprint density at radius 3 is 2.82 bits per heavy atom. The van der Waals surface area contributed by atoms with Gasteiger partial charge in [-0.1, -0.05) is 31.0 Å². The number of carbonyl (C=O) groups is 1. The highest BCUT2D eigenvalue weighted by Crippen LogP contribution is 2.30. The van der Waals surface area contributed by atoms with Gasteiger partial charge in [0.2, 0.25) is 0 Å². The molecular weight excluding hydrogens is 470 g/mol. The number of hydrogen-bond acceptors (Lipinski definition) is 5. The number of anilines is 1. The summed E-state index contributed by atoms with van der Waals surface area (Å²) in [5.41, 5.74) is -1.11. The maximum absolute atomic E-state index is 15.2. The van der Waals surface area contributed by atoms with Crippen molar-refractivity contribution >= 4 is 23.2 Å². The van der Waals surface area contributed by atoms with E-state index in [0.29, 0.717) is 25.4 Å². The molecule has 11 heteroatoms. The molecular formula is C23H23ClF2N4O4. The van der Waals surface area contributed by atoms with E-state index in [0.717, 1.165) is 23.2 Å². The third-order valence-corrected chi connectivity index (χ3v) is 5.69. The summed E-state index contributed by atoms with van der Waals surface area (Å²) in [6.07, 6.45) is 1.17. The molecule has 3 aromatic rings. The molecule has 1 atom stereocenters. The predicted molar refractivity (Wildman–Crippen MR) is 122 cm³/mol. The molecule has 0 aliphatic carbocycles. The number of rotatable bonds is 7. The van der Waals surface area contributed by atoms with Crippen LogP contribution in [-0.2, 0) is 17.9 Å². The Hall–Kier alpha value is -3.24. The summed E-state index contributed by atoms with van der Waals surface area (Å²) in [4.78, 5) is 25.8. The molecule has 2 aromatic carbocycles. The SMILES string of the molecule is CCCC(C)Oc1cc(-n2nc3n(c2=O)CCOC3)c(F)cc1C(=O)Nc1c(F)cccc1Cl. The number of nitrogens with one attached hydrogen (secondary N) is 1. The van der Waals surface area contributed by atoms with Crippen molar-refractivity contribution in [3.05, 3.63) is 68.9 Å². The average molecular weight is 493 g/mol. The fourth-order valence-corrected chi connectivity index (χ4v) is 3.92. The first-order valence-electron chi connectivity index (χ1n) is 10.8. The molecule has 1 aromatic heterocycles. The number of halogens is 3. The summed E-state index contributed by atoms with van der Waals surface area (Å²) in [6.45, 7) is 4.56. The first-order valence-corrected chi connectivity index (χ1v) is 11.2. The largest absolute Gasteiger partial charge is 0.490 e. The van der Waals surface area contributed by atoms with E-state index in [1.807, 2.05) is 6.92 Å². The van der Waals surface area contributed by atoms with Crippen LogP contribution in [0.25, 0.3) is 5.69 Å². The molecule has 0 radical (unpaired) electrons. The molecule has 1 amide bonds. The van der Waals surface area contributed by atoms with Crippen LogP contribution in [0.2, 0.25) is 5.02 Å². The number of nitrogens with zero attached hydrogens (tertiary/aromatic N) is 3. The van der Waals surface area contributed by atoms with Crippen LogP contribution >= 0.6 is 11.6 Å². The van der Waals surface area contributed by atoms with E-state index in [1.165, 1.54) is 22.8 Å². The minimum absolute atomic E-state index is 0.00961. The second-order valence-electron chi connectivity index (χ2n) is 7.88. The van der Waals surface area contributed by atoms with Crippen LogP contribution in [0.5, 0.6) is 5.75 Å². The Bertz CT molecular complexity index is 1270. The standard InChI is InChI=1S/C23H23ClF2N4O4/c1-3-5-13(2)34-19-11-18(30-23(32)29-8-9-33-12-20(29)28-30)17(26)10-14(19)22(31)27-21-15(24)6-4-7-16(21)25/h4,6-7,10-11,13H,3,5,8-9,12H2,1-2H3,(H,27,31). The van der Waals surface area contributed by atoms with Crippen LogP contribution in [0, 0.1) is 11.6 Å². The second-order valence-corrected chi connectivity index (χ2v) is 8.29. The zero-order valence-corrected chi connectivity index (χ0v) is 19.4. The van der Waals surface area contributed by atoms with Crippen molar-refractivity contribution in [2.75, 3.05) is 11.9 Å². The average Bonchev–Trinajstić information content (AvgIpc) is 3.14. The summed E-state index contributed by atoms with van der Waals surface area (Å²) in [5.74, 6) is -2.04. The Labute approximate surface area is 199 Å². The summed E-state index contributed by atoms with van der Waals surface area (Å²) < 4.78 is 43.0. The van der Waals surface area contributed by atoms with Gasteiger partial charge in [-0.25, -0.2) is 13.6 Å². The van der Waals surface area contributed by atoms with E-state index >= 15 is 4.39 Å². The van der Waals surface area contributed by atoms with Crippen molar-refractivity contribution in [2.45, 2.75) is 45.9 Å². The minimum atomic E-state index is -0.876. The van der Waals surface area contributed by atoms with Crippen molar-refractivity contribution in [3.8, 4) is 11.4 Å². The first-order chi connectivity index (χ1) is 16.3. The number of ether oxygens (including phenoxy) is 2. The molecule has 2 heterocycles. The van der Waals surface area contributed by atoms with Crippen molar-refractivity contribution in [1.82, 2.24) is 14.3 Å². The quantitative estimate of drug-likeness (QED) is 0.531. The summed E-state index contributed by atoms with van der Waals surface area (Å²) in [6, 6.07) is 6.15. The lowest BCUT2D eigenvalue weighted by molar-refractivity contribution is 0.0805. The first kappa shape index (κ1) is 23.9. The van der Waals surface area contributed by atoms with Gasteiger partial charge in [-0.05, 0) is 31.5 Å². The number of carbonyl (C=O) groups excluding carboxylic acids is 1. The highest BCUT2D eigenvalue weighted by Gasteiger charge is 2.25. The zero-order valence-electron chi connectivity index (χ0n) is 18.6. The van der Waals surface area contributed by atoms with Gasteiger partial charge in [-0.3, -0.25) is 9.36 Å². The van der Waals surface area contributed by atoms with Crippen molar-refractivity contribution in [1.29, 1.82) is 0 Å². The van der Waals surface area contributed by atoms with Gasteiger partial charge in [0.15, 0.2) is 5.82 Å². The maximum Gasteiger partial charge on any atom is 0.350 e. The van der Waals surface area contributed by atoms with Gasteiger partial charge >= 0.3 is 5.69 Å². The normalized spacial score (nSPS) is 13.9. The fourth-order valence-electron chi connectivity index (χ4n) is 3.70. The molecule has 1 unspecified atom stereocenters. The molecule has 34 heavy (non-hydrogen) atoms. The molecule has 0 bridgehead atoms. The van der Waals surface area contributed by atoms with Crippen LogP contribution in [-0.4, -0.2) is 33.0 Å². The van der Waals surface area contributed by atoms with E-state index in [9.17, 15) is 14.0 Å². The van der Waals surface area contributed by atoms with E-state index in [-0.39, 0.29) is 40.4 Å². The van der Waals surface area contributed by atoms with Gasteiger partial charge in [0.05, 0.1) is 35.5 Å². The molecule has 0 spiro atoms. The van der Waals surface area contributed by atoms with Gasteiger partial charge < -0.3 is 14.8 Å². The Morgan fingerprint density at radius 2 is 2.12 bits per heavy atom. The number of hydrogen-bond donors (Lipinski definition) is 1. The van der Waals surface area contributed by atoms with Gasteiger partial charge in [0.1, 0.15) is 29.7 Å². The highest BCUT2D eigenvalue weighted by atomic mass is 35.5. The second kappa shape index (κ2) is 9.94. The summed E-state index contributed by atoms with van der Waals surface area (Å²) in [5, 5.41) is 6.55. The number of benzene rings is 2.